The number of nitrogens with zero attached hydrogens (tertiary/aromatic N) is 1. The second kappa shape index (κ2) is 7.07. The molecule has 0 fully saturated rings. The van der Waals surface area contributed by atoms with Gasteiger partial charge in [-0.3, -0.25) is 4.79 Å². The fourth-order valence-corrected chi connectivity index (χ4v) is 4.42. The zero-order valence-electron chi connectivity index (χ0n) is 16.0. The maximum Gasteiger partial charge on any atom is 0.238 e. The molecule has 1 amide bonds. The van der Waals surface area contributed by atoms with Gasteiger partial charge in [0, 0.05) is 29.7 Å². The molecule has 1 unspecified atom stereocenters. The molecular formula is C24H26N2O. The Morgan fingerprint density at radius 3 is 2.59 bits per heavy atom. The summed E-state index contributed by atoms with van der Waals surface area (Å²) >= 11 is 0. The topological polar surface area (TPSA) is 36.1 Å². The van der Waals surface area contributed by atoms with Crippen molar-refractivity contribution >= 4 is 16.8 Å². The monoisotopic (exact) mass is 358 g/mol. The van der Waals surface area contributed by atoms with E-state index in [4.69, 9.17) is 0 Å². The van der Waals surface area contributed by atoms with Crippen molar-refractivity contribution in [1.29, 1.82) is 0 Å². The van der Waals surface area contributed by atoms with Crippen molar-refractivity contribution in [3.8, 4) is 0 Å². The second-order valence-corrected chi connectivity index (χ2v) is 7.31. The van der Waals surface area contributed by atoms with E-state index in [0.29, 0.717) is 6.54 Å². The van der Waals surface area contributed by atoms with E-state index in [1.807, 2.05) is 42.2 Å². The molecule has 3 heteroatoms. The molecule has 0 bridgehead atoms. The van der Waals surface area contributed by atoms with Crippen LogP contribution in [-0.4, -0.2) is 22.3 Å². The van der Waals surface area contributed by atoms with Gasteiger partial charge in [-0.15, -0.1) is 0 Å². The lowest BCUT2D eigenvalue weighted by atomic mass is 9.78. The summed E-state index contributed by atoms with van der Waals surface area (Å²) in [5, 5.41) is 1.24. The summed E-state index contributed by atoms with van der Waals surface area (Å²) in [4.78, 5) is 19.4. The van der Waals surface area contributed by atoms with Gasteiger partial charge in [-0.05, 0) is 37.0 Å². The maximum atomic E-state index is 13.8. The number of rotatable bonds is 4. The Kier molecular flexibility index (Phi) is 4.61. The standard InChI is InChI=1S/C24H26N2O/c1-3-15-24(4-2)22-20(19-12-8-9-13-21(19)25-22)14-16-26(23(24)27)17-18-10-6-5-7-11-18/h3,5-13,15,25H,4,14,16-17H2,1-2H3/b15-3+. The Morgan fingerprint density at radius 2 is 1.85 bits per heavy atom. The SMILES string of the molecule is C/C=C/C1(CC)C(=O)N(Cc2ccccc2)CCc2c1[nH]c1ccccc21. The van der Waals surface area contributed by atoms with Crippen molar-refractivity contribution in [1.82, 2.24) is 9.88 Å². The molecule has 1 atom stereocenters. The van der Waals surface area contributed by atoms with E-state index in [9.17, 15) is 4.79 Å². The van der Waals surface area contributed by atoms with Gasteiger partial charge >= 0.3 is 0 Å². The summed E-state index contributed by atoms with van der Waals surface area (Å²) < 4.78 is 0. The molecule has 0 radical (unpaired) electrons. The van der Waals surface area contributed by atoms with Crippen LogP contribution in [0.4, 0.5) is 0 Å². The van der Waals surface area contributed by atoms with Crippen LogP contribution >= 0.6 is 0 Å². The number of H-pyrrole nitrogens is 1. The highest BCUT2D eigenvalue weighted by atomic mass is 16.2. The van der Waals surface area contributed by atoms with Crippen molar-refractivity contribution in [2.45, 2.75) is 38.6 Å². The van der Waals surface area contributed by atoms with Gasteiger partial charge in [0.1, 0.15) is 5.41 Å². The van der Waals surface area contributed by atoms with Crippen molar-refractivity contribution in [2.75, 3.05) is 6.54 Å². The zero-order valence-corrected chi connectivity index (χ0v) is 16.0. The average Bonchev–Trinajstić information content (AvgIpc) is 3.04. The van der Waals surface area contributed by atoms with Crippen LogP contribution in [0.2, 0.25) is 0 Å². The third-order valence-electron chi connectivity index (χ3n) is 5.79. The largest absolute Gasteiger partial charge is 0.357 e. The molecule has 27 heavy (non-hydrogen) atoms. The van der Waals surface area contributed by atoms with Gasteiger partial charge in [-0.1, -0.05) is 67.6 Å². The van der Waals surface area contributed by atoms with Gasteiger partial charge in [0.15, 0.2) is 0 Å². The summed E-state index contributed by atoms with van der Waals surface area (Å²) in [6.45, 7) is 5.50. The summed E-state index contributed by atoms with van der Waals surface area (Å²) in [7, 11) is 0. The van der Waals surface area contributed by atoms with Crippen molar-refractivity contribution in [2.24, 2.45) is 0 Å². The number of carbonyl (C=O) groups is 1. The number of allylic oxidation sites excluding steroid dienone is 1. The molecule has 138 valence electrons. The third kappa shape index (κ3) is 2.87. The van der Waals surface area contributed by atoms with Gasteiger partial charge in [0.2, 0.25) is 5.91 Å². The van der Waals surface area contributed by atoms with Crippen LogP contribution in [0.3, 0.4) is 0 Å². The van der Waals surface area contributed by atoms with Crippen LogP contribution in [-0.2, 0) is 23.2 Å². The van der Waals surface area contributed by atoms with Gasteiger partial charge < -0.3 is 9.88 Å². The number of benzene rings is 2. The van der Waals surface area contributed by atoms with Crippen LogP contribution < -0.4 is 0 Å². The summed E-state index contributed by atoms with van der Waals surface area (Å²) in [5.74, 6) is 0.192. The number of fused-ring (bicyclic) bond motifs is 3. The molecule has 0 saturated heterocycles. The fraction of sp³-hybridized carbons (Fsp3) is 0.292. The van der Waals surface area contributed by atoms with Gasteiger partial charge in [-0.2, -0.15) is 0 Å². The van der Waals surface area contributed by atoms with Gasteiger partial charge in [0.25, 0.3) is 0 Å². The minimum atomic E-state index is -0.631. The van der Waals surface area contributed by atoms with Crippen LogP contribution in [0.25, 0.3) is 10.9 Å². The Morgan fingerprint density at radius 1 is 1.11 bits per heavy atom. The van der Waals surface area contributed by atoms with Gasteiger partial charge in [-0.25, -0.2) is 0 Å². The van der Waals surface area contributed by atoms with E-state index in [0.717, 1.165) is 30.6 Å². The number of para-hydroxylation sites is 1. The number of amides is 1. The summed E-state index contributed by atoms with van der Waals surface area (Å²) in [6, 6.07) is 18.7. The third-order valence-corrected chi connectivity index (χ3v) is 5.79. The van der Waals surface area contributed by atoms with Crippen molar-refractivity contribution in [3.05, 3.63) is 83.6 Å². The fourth-order valence-electron chi connectivity index (χ4n) is 4.42. The molecule has 0 aliphatic carbocycles. The van der Waals surface area contributed by atoms with Crippen molar-refractivity contribution < 1.29 is 4.79 Å². The molecule has 1 N–H and O–H groups in total. The minimum absolute atomic E-state index is 0.192. The average molecular weight is 358 g/mol. The first kappa shape index (κ1) is 17.6. The maximum absolute atomic E-state index is 13.8. The lowest BCUT2D eigenvalue weighted by molar-refractivity contribution is -0.136. The number of aromatic amines is 1. The summed E-state index contributed by atoms with van der Waals surface area (Å²) in [6.07, 6.45) is 5.72. The molecule has 1 aromatic heterocycles. The molecule has 0 saturated carbocycles. The van der Waals surface area contributed by atoms with Crippen molar-refractivity contribution in [3.63, 3.8) is 0 Å². The Bertz CT molecular complexity index is 986. The highest BCUT2D eigenvalue weighted by Crippen LogP contribution is 2.40. The molecule has 3 nitrogen and oxygen atoms in total. The van der Waals surface area contributed by atoms with E-state index in [2.05, 4.69) is 48.3 Å². The molecule has 2 aromatic carbocycles. The number of carbonyl (C=O) groups excluding carboxylic acids is 1. The number of aromatic nitrogens is 1. The molecule has 2 heterocycles. The Labute approximate surface area is 160 Å². The van der Waals surface area contributed by atoms with E-state index in [-0.39, 0.29) is 5.91 Å². The first-order valence-electron chi connectivity index (χ1n) is 9.77. The Balaban J connectivity index is 1.84. The highest BCUT2D eigenvalue weighted by Gasteiger charge is 2.44. The molecule has 1 aliphatic heterocycles. The number of hydrogen-bond acceptors (Lipinski definition) is 1. The lowest BCUT2D eigenvalue weighted by Crippen LogP contribution is -2.44. The van der Waals surface area contributed by atoms with Crippen LogP contribution in [0.5, 0.6) is 0 Å². The number of hydrogen-bond donors (Lipinski definition) is 1. The number of nitrogens with one attached hydrogen (secondary N) is 1. The zero-order chi connectivity index (χ0) is 18.9. The van der Waals surface area contributed by atoms with E-state index >= 15 is 0 Å². The molecule has 4 rings (SSSR count). The lowest BCUT2D eigenvalue weighted by Gasteiger charge is -2.32. The van der Waals surface area contributed by atoms with Gasteiger partial charge in [0.05, 0.1) is 0 Å². The first-order valence-corrected chi connectivity index (χ1v) is 9.77. The first-order chi connectivity index (χ1) is 13.2. The van der Waals surface area contributed by atoms with Crippen LogP contribution in [0.15, 0.2) is 66.7 Å². The van der Waals surface area contributed by atoms with E-state index in [1.54, 1.807) is 0 Å². The minimum Gasteiger partial charge on any atom is -0.357 e. The predicted molar refractivity (Wildman–Crippen MR) is 111 cm³/mol. The molecule has 0 spiro atoms. The normalized spacial score (nSPS) is 20.2. The summed E-state index contributed by atoms with van der Waals surface area (Å²) in [5.41, 5.74) is 4.02. The molecular weight excluding hydrogens is 332 g/mol. The second-order valence-electron chi connectivity index (χ2n) is 7.31. The van der Waals surface area contributed by atoms with Crippen LogP contribution in [0.1, 0.15) is 37.1 Å². The van der Waals surface area contributed by atoms with Crippen LogP contribution in [0, 0.1) is 0 Å². The quantitative estimate of drug-likeness (QED) is 0.656. The van der Waals surface area contributed by atoms with E-state index in [1.165, 1.54) is 16.5 Å². The predicted octanol–water partition coefficient (Wildman–Crippen LogP) is 4.98. The smallest absolute Gasteiger partial charge is 0.238 e. The molecule has 3 aromatic rings. The molecule has 1 aliphatic rings. The highest BCUT2D eigenvalue weighted by molar-refractivity contribution is 5.95. The van der Waals surface area contributed by atoms with E-state index < -0.39 is 5.41 Å². The Hall–Kier alpha value is -2.81.